The molecule has 0 radical (unpaired) electrons. The van der Waals surface area contributed by atoms with Crippen LogP contribution < -0.4 is 0 Å². The maximum absolute atomic E-state index is 11.9. The monoisotopic (exact) mass is 420 g/mol. The van der Waals surface area contributed by atoms with Crippen molar-refractivity contribution in [1.82, 2.24) is 0 Å². The average Bonchev–Trinajstić information content (AvgIpc) is 2.38. The van der Waals surface area contributed by atoms with Crippen molar-refractivity contribution in [3.8, 4) is 0 Å². The maximum Gasteiger partial charge on any atom is 0.472 e. The van der Waals surface area contributed by atoms with Gasteiger partial charge in [-0.3, -0.25) is 9.05 Å². The summed E-state index contributed by atoms with van der Waals surface area (Å²) in [5.74, 6) is 0. The molecule has 134 valence electrons. The van der Waals surface area contributed by atoms with Crippen LogP contribution in [0.25, 0.3) is 0 Å². The third-order valence-corrected chi connectivity index (χ3v) is 4.81. The van der Waals surface area contributed by atoms with E-state index < -0.39 is 7.82 Å². The van der Waals surface area contributed by atoms with Crippen molar-refractivity contribution in [1.29, 1.82) is 0 Å². The zero-order valence-electron chi connectivity index (χ0n) is 14.8. The summed E-state index contributed by atoms with van der Waals surface area (Å²) in [6.07, 6.45) is 10.3. The minimum atomic E-state index is -3.92. The standard InChI is InChI=1S/C16H35O4P.Mo/c1-5-7-9-11-13-15(3)19-21(17,18)20-16(4)14-12-10-8-6-2;/h15-16H,5-14H2,1-4H3,(H,17,18);. The van der Waals surface area contributed by atoms with Crippen LogP contribution in [0.1, 0.15) is 91.9 Å². The van der Waals surface area contributed by atoms with Crippen molar-refractivity contribution in [2.45, 2.75) is 104 Å². The van der Waals surface area contributed by atoms with Gasteiger partial charge >= 0.3 is 7.82 Å². The first-order valence-corrected chi connectivity index (χ1v) is 10.1. The van der Waals surface area contributed by atoms with Gasteiger partial charge in [-0.25, -0.2) is 4.57 Å². The van der Waals surface area contributed by atoms with Crippen LogP contribution in [-0.2, 0) is 34.7 Å². The normalized spacial score (nSPS) is 16.6. The third kappa shape index (κ3) is 15.7. The molecular formula is C16H35MoO4P. The molecule has 2 atom stereocenters. The van der Waals surface area contributed by atoms with Crippen LogP contribution in [0.15, 0.2) is 0 Å². The van der Waals surface area contributed by atoms with E-state index in [2.05, 4.69) is 13.8 Å². The van der Waals surface area contributed by atoms with E-state index in [0.717, 1.165) is 38.5 Å². The zero-order chi connectivity index (χ0) is 16.1. The molecule has 6 heteroatoms. The molecule has 0 aliphatic carbocycles. The smallest absolute Gasteiger partial charge is 0.302 e. The summed E-state index contributed by atoms with van der Waals surface area (Å²) in [7, 11) is -3.92. The largest absolute Gasteiger partial charge is 0.472 e. The van der Waals surface area contributed by atoms with E-state index in [-0.39, 0.29) is 33.3 Å². The van der Waals surface area contributed by atoms with Gasteiger partial charge in [0.1, 0.15) is 0 Å². The summed E-state index contributed by atoms with van der Waals surface area (Å²) < 4.78 is 22.3. The van der Waals surface area contributed by atoms with Gasteiger partial charge in [0, 0.05) is 21.1 Å². The summed E-state index contributed by atoms with van der Waals surface area (Å²) in [6, 6.07) is 0. The summed E-state index contributed by atoms with van der Waals surface area (Å²) in [5.41, 5.74) is 0. The molecule has 0 saturated heterocycles. The number of hydrogen-bond donors (Lipinski definition) is 1. The van der Waals surface area contributed by atoms with Gasteiger partial charge in [-0.05, 0) is 26.7 Å². The molecule has 0 aliphatic heterocycles. The zero-order valence-corrected chi connectivity index (χ0v) is 17.7. The number of phosphoric acid groups is 1. The Kier molecular flexibility index (Phi) is 17.5. The fourth-order valence-electron chi connectivity index (χ4n) is 2.30. The summed E-state index contributed by atoms with van der Waals surface area (Å²) >= 11 is 0. The summed E-state index contributed by atoms with van der Waals surface area (Å²) in [4.78, 5) is 9.77. The Morgan fingerprint density at radius 2 is 1.18 bits per heavy atom. The second-order valence-corrected chi connectivity index (χ2v) is 7.36. The number of phosphoric ester groups is 1. The molecule has 0 aliphatic rings. The first kappa shape index (κ1) is 25.0. The second kappa shape index (κ2) is 15.3. The van der Waals surface area contributed by atoms with Crippen LogP contribution in [0.3, 0.4) is 0 Å². The molecule has 4 nitrogen and oxygen atoms in total. The predicted octanol–water partition coefficient (Wildman–Crippen LogP) is 5.84. The van der Waals surface area contributed by atoms with Crippen LogP contribution in [0.4, 0.5) is 0 Å². The van der Waals surface area contributed by atoms with E-state index in [1.54, 1.807) is 0 Å². The van der Waals surface area contributed by atoms with Gasteiger partial charge in [-0.1, -0.05) is 65.2 Å². The van der Waals surface area contributed by atoms with Gasteiger partial charge in [0.05, 0.1) is 12.2 Å². The molecular weight excluding hydrogens is 383 g/mol. The fourth-order valence-corrected chi connectivity index (χ4v) is 3.47. The van der Waals surface area contributed by atoms with Gasteiger partial charge in [-0.15, -0.1) is 0 Å². The predicted molar refractivity (Wildman–Crippen MR) is 88.4 cm³/mol. The van der Waals surface area contributed by atoms with E-state index in [4.69, 9.17) is 9.05 Å². The van der Waals surface area contributed by atoms with E-state index in [1.807, 2.05) is 13.8 Å². The Bertz CT molecular complexity index is 265. The van der Waals surface area contributed by atoms with Gasteiger partial charge in [0.25, 0.3) is 0 Å². The molecule has 0 aromatic heterocycles. The molecule has 0 rings (SSSR count). The third-order valence-electron chi connectivity index (χ3n) is 3.55. The minimum absolute atomic E-state index is 0. The molecule has 0 bridgehead atoms. The van der Waals surface area contributed by atoms with Crippen LogP contribution in [0.2, 0.25) is 0 Å². The molecule has 0 spiro atoms. The Labute approximate surface area is 151 Å². The number of unbranched alkanes of at least 4 members (excludes halogenated alkanes) is 6. The molecule has 1 N–H and O–H groups in total. The van der Waals surface area contributed by atoms with Gasteiger partial charge < -0.3 is 4.89 Å². The van der Waals surface area contributed by atoms with Crippen molar-refractivity contribution >= 4 is 7.82 Å². The Balaban J connectivity index is 0. The van der Waals surface area contributed by atoms with E-state index in [9.17, 15) is 9.46 Å². The van der Waals surface area contributed by atoms with Gasteiger partial charge in [-0.2, -0.15) is 0 Å². The number of hydrogen-bond acceptors (Lipinski definition) is 3. The maximum atomic E-state index is 11.9. The molecule has 0 heterocycles. The minimum Gasteiger partial charge on any atom is -0.302 e. The van der Waals surface area contributed by atoms with Crippen LogP contribution >= 0.6 is 7.82 Å². The molecule has 0 aromatic carbocycles. The topological polar surface area (TPSA) is 55.8 Å². The van der Waals surface area contributed by atoms with E-state index in [0.29, 0.717) is 0 Å². The van der Waals surface area contributed by atoms with E-state index >= 15 is 0 Å². The molecule has 22 heavy (non-hydrogen) atoms. The quantitative estimate of drug-likeness (QED) is 0.219. The van der Waals surface area contributed by atoms with Crippen LogP contribution in [0, 0.1) is 0 Å². The second-order valence-electron chi connectivity index (χ2n) is 6.00. The SMILES string of the molecule is CCCCCCC(C)OP(=O)(O)OC(C)CCCCCC.[Mo]. The molecule has 0 amide bonds. The summed E-state index contributed by atoms with van der Waals surface area (Å²) in [6.45, 7) is 8.00. The fraction of sp³-hybridized carbons (Fsp3) is 1.00. The van der Waals surface area contributed by atoms with E-state index in [1.165, 1.54) is 25.7 Å². The van der Waals surface area contributed by atoms with Gasteiger partial charge in [0.2, 0.25) is 0 Å². The first-order valence-electron chi connectivity index (χ1n) is 8.60. The first-order chi connectivity index (χ1) is 9.91. The van der Waals surface area contributed by atoms with Crippen molar-refractivity contribution < 1.29 is 39.6 Å². The van der Waals surface area contributed by atoms with Crippen molar-refractivity contribution in [2.75, 3.05) is 0 Å². The molecule has 0 aromatic rings. The Hall–Kier alpha value is 0.798. The molecule has 0 fully saturated rings. The van der Waals surface area contributed by atoms with Crippen molar-refractivity contribution in [3.05, 3.63) is 0 Å². The number of rotatable bonds is 14. The molecule has 2 unspecified atom stereocenters. The van der Waals surface area contributed by atoms with Crippen molar-refractivity contribution in [2.24, 2.45) is 0 Å². The Morgan fingerprint density at radius 1 is 0.818 bits per heavy atom. The van der Waals surface area contributed by atoms with Gasteiger partial charge in [0.15, 0.2) is 0 Å². The molecule has 0 saturated carbocycles. The van der Waals surface area contributed by atoms with Crippen LogP contribution in [-0.4, -0.2) is 17.1 Å². The van der Waals surface area contributed by atoms with Crippen LogP contribution in [0.5, 0.6) is 0 Å². The Morgan fingerprint density at radius 3 is 1.50 bits per heavy atom. The van der Waals surface area contributed by atoms with Crippen molar-refractivity contribution in [3.63, 3.8) is 0 Å². The summed E-state index contributed by atoms with van der Waals surface area (Å²) in [5, 5.41) is 0. The average molecular weight is 418 g/mol.